The van der Waals surface area contributed by atoms with Crippen LogP contribution in [0.3, 0.4) is 0 Å². The van der Waals surface area contributed by atoms with Crippen LogP contribution in [0.25, 0.3) is 10.9 Å². The summed E-state index contributed by atoms with van der Waals surface area (Å²) in [4.78, 5) is 2.25. The summed E-state index contributed by atoms with van der Waals surface area (Å²) in [6.45, 7) is 13.0. The first kappa shape index (κ1) is 21.9. The number of benzene rings is 1. The second-order valence-electron chi connectivity index (χ2n) is 8.59. The Bertz CT molecular complexity index is 756. The number of aromatic nitrogens is 2. The van der Waals surface area contributed by atoms with Crippen molar-refractivity contribution in [2.45, 2.75) is 58.7 Å². The first-order chi connectivity index (χ1) is 12.6. The van der Waals surface area contributed by atoms with Gasteiger partial charge in [0.25, 0.3) is 0 Å². The molecular weight excluding hydrogens is 361 g/mol. The van der Waals surface area contributed by atoms with E-state index >= 15 is 0 Å². The maximum atomic E-state index is 14.6. The Labute approximate surface area is 163 Å². The fourth-order valence-corrected chi connectivity index (χ4v) is 3.59. The van der Waals surface area contributed by atoms with Crippen molar-refractivity contribution < 1.29 is 13.9 Å². The Morgan fingerprint density at radius 1 is 1.26 bits per heavy atom. The maximum Gasteiger partial charge on any atom is 0.149 e. The third-order valence-electron chi connectivity index (χ3n) is 4.89. The number of likely N-dealkylation sites (N-methyl/N-ethyl adjacent to an activating group) is 1. The Hall–Kier alpha value is -1.44. The molecule has 1 heterocycles. The Balaban J connectivity index is 2.28. The second kappa shape index (κ2) is 9.17. The van der Waals surface area contributed by atoms with E-state index in [1.807, 2.05) is 0 Å². The lowest BCUT2D eigenvalue weighted by Crippen LogP contribution is -2.28. The standard InChI is InChI=1S/C20H34FN3O2Si/c1-15(2)23(3)11-10-17-19-18(25-4)9-8-16(21)20(19)24(22-17)14-26-12-13-27(5,6)7/h8-9,15H,10-14H2,1-7H3. The average molecular weight is 396 g/mol. The summed E-state index contributed by atoms with van der Waals surface area (Å²) in [5.41, 5.74) is 1.31. The molecule has 0 bridgehead atoms. The van der Waals surface area contributed by atoms with Crippen LogP contribution in [0.5, 0.6) is 5.75 Å². The lowest BCUT2D eigenvalue weighted by atomic mass is 10.1. The molecule has 0 aliphatic heterocycles. The molecule has 0 N–H and O–H groups in total. The summed E-state index contributed by atoms with van der Waals surface area (Å²) in [5, 5.41) is 5.43. The van der Waals surface area contributed by atoms with E-state index in [1.54, 1.807) is 17.9 Å². The van der Waals surface area contributed by atoms with Gasteiger partial charge in [-0.05, 0) is 39.1 Å². The van der Waals surface area contributed by atoms with E-state index in [9.17, 15) is 4.39 Å². The fourth-order valence-electron chi connectivity index (χ4n) is 2.83. The summed E-state index contributed by atoms with van der Waals surface area (Å²) in [6.07, 6.45) is 0.729. The molecule has 0 spiro atoms. The Morgan fingerprint density at radius 3 is 2.56 bits per heavy atom. The van der Waals surface area contributed by atoms with Crippen molar-refractivity contribution in [3.8, 4) is 5.75 Å². The summed E-state index contributed by atoms with van der Waals surface area (Å²) >= 11 is 0. The number of hydrogen-bond donors (Lipinski definition) is 0. The van der Waals surface area contributed by atoms with Crippen molar-refractivity contribution in [1.82, 2.24) is 14.7 Å². The van der Waals surface area contributed by atoms with Crippen LogP contribution in [-0.2, 0) is 17.9 Å². The molecule has 1 aromatic heterocycles. The highest BCUT2D eigenvalue weighted by molar-refractivity contribution is 6.76. The van der Waals surface area contributed by atoms with E-state index in [-0.39, 0.29) is 12.5 Å². The van der Waals surface area contributed by atoms with Crippen LogP contribution < -0.4 is 4.74 Å². The third-order valence-corrected chi connectivity index (χ3v) is 6.60. The van der Waals surface area contributed by atoms with Gasteiger partial charge in [-0.25, -0.2) is 9.07 Å². The molecule has 0 saturated carbocycles. The highest BCUT2D eigenvalue weighted by atomic mass is 28.3. The quantitative estimate of drug-likeness (QED) is 0.442. The second-order valence-corrected chi connectivity index (χ2v) is 14.2. The topological polar surface area (TPSA) is 39.5 Å². The van der Waals surface area contributed by atoms with Crippen LogP contribution in [-0.4, -0.2) is 56.1 Å². The molecule has 0 fully saturated rings. The van der Waals surface area contributed by atoms with E-state index in [1.165, 1.54) is 6.07 Å². The smallest absolute Gasteiger partial charge is 0.149 e. The van der Waals surface area contributed by atoms with Gasteiger partial charge < -0.3 is 14.4 Å². The molecule has 0 radical (unpaired) electrons. The van der Waals surface area contributed by atoms with Gasteiger partial charge in [0.1, 0.15) is 23.8 Å². The molecule has 0 amide bonds. The Kier molecular flexibility index (Phi) is 7.42. The first-order valence-corrected chi connectivity index (χ1v) is 13.3. The lowest BCUT2D eigenvalue weighted by Gasteiger charge is -2.20. The first-order valence-electron chi connectivity index (χ1n) is 9.64. The van der Waals surface area contributed by atoms with Gasteiger partial charge >= 0.3 is 0 Å². The lowest BCUT2D eigenvalue weighted by molar-refractivity contribution is 0.0809. The zero-order valence-corrected chi connectivity index (χ0v) is 18.8. The molecule has 2 rings (SSSR count). The SMILES string of the molecule is COc1ccc(F)c2c1c(CCN(C)C(C)C)nn2COCC[Si](C)(C)C. The minimum Gasteiger partial charge on any atom is -0.496 e. The van der Waals surface area contributed by atoms with Gasteiger partial charge in [0.15, 0.2) is 0 Å². The predicted molar refractivity (Wildman–Crippen MR) is 112 cm³/mol. The van der Waals surface area contributed by atoms with Crippen LogP contribution in [0.15, 0.2) is 12.1 Å². The van der Waals surface area contributed by atoms with Gasteiger partial charge in [-0.15, -0.1) is 0 Å². The summed E-state index contributed by atoms with van der Waals surface area (Å²) in [7, 11) is 2.53. The third kappa shape index (κ3) is 5.76. The summed E-state index contributed by atoms with van der Waals surface area (Å²) in [6, 6.07) is 4.63. The van der Waals surface area contributed by atoms with Crippen molar-refractivity contribution in [3.05, 3.63) is 23.6 Å². The molecule has 0 aliphatic carbocycles. The molecule has 0 unspecified atom stereocenters. The van der Waals surface area contributed by atoms with Gasteiger partial charge in [-0.1, -0.05) is 19.6 Å². The zero-order valence-electron chi connectivity index (χ0n) is 17.8. The number of fused-ring (bicyclic) bond motifs is 1. The predicted octanol–water partition coefficient (Wildman–Crippen LogP) is 4.38. The molecule has 1 aromatic carbocycles. The van der Waals surface area contributed by atoms with Crippen LogP contribution in [0.1, 0.15) is 19.5 Å². The van der Waals surface area contributed by atoms with Gasteiger partial charge in [0.2, 0.25) is 0 Å². The van der Waals surface area contributed by atoms with Gasteiger partial charge in [-0.2, -0.15) is 5.10 Å². The molecule has 152 valence electrons. The van der Waals surface area contributed by atoms with Gasteiger partial charge in [0, 0.05) is 33.7 Å². The number of halogens is 1. The molecule has 0 aliphatic rings. The average Bonchev–Trinajstić information content (AvgIpc) is 2.95. The minimum absolute atomic E-state index is 0.255. The van der Waals surface area contributed by atoms with Crippen LogP contribution in [0.2, 0.25) is 25.7 Å². The molecule has 5 nitrogen and oxygen atoms in total. The van der Waals surface area contributed by atoms with Crippen LogP contribution in [0.4, 0.5) is 4.39 Å². The van der Waals surface area contributed by atoms with E-state index in [4.69, 9.17) is 9.47 Å². The van der Waals surface area contributed by atoms with E-state index in [0.29, 0.717) is 23.9 Å². The number of methoxy groups -OCH3 is 1. The van der Waals surface area contributed by atoms with Crippen molar-refractivity contribution in [2.75, 3.05) is 27.3 Å². The molecule has 7 heteroatoms. The molecule has 0 saturated heterocycles. The van der Waals surface area contributed by atoms with Gasteiger partial charge in [-0.3, -0.25) is 0 Å². The van der Waals surface area contributed by atoms with Crippen molar-refractivity contribution in [2.24, 2.45) is 0 Å². The monoisotopic (exact) mass is 395 g/mol. The molecular formula is C20H34FN3O2Si. The van der Waals surface area contributed by atoms with E-state index < -0.39 is 8.07 Å². The number of rotatable bonds is 10. The van der Waals surface area contributed by atoms with E-state index in [2.05, 4.69) is 50.5 Å². The molecule has 2 aromatic rings. The number of hydrogen-bond acceptors (Lipinski definition) is 4. The fraction of sp³-hybridized carbons (Fsp3) is 0.650. The number of ether oxygens (including phenoxy) is 2. The largest absolute Gasteiger partial charge is 0.496 e. The highest BCUT2D eigenvalue weighted by Gasteiger charge is 2.20. The van der Waals surface area contributed by atoms with E-state index in [0.717, 1.165) is 30.1 Å². The van der Waals surface area contributed by atoms with Crippen molar-refractivity contribution in [3.63, 3.8) is 0 Å². The normalized spacial score (nSPS) is 12.5. The summed E-state index contributed by atoms with van der Waals surface area (Å²) < 4.78 is 27.6. The highest BCUT2D eigenvalue weighted by Crippen LogP contribution is 2.31. The van der Waals surface area contributed by atoms with Crippen molar-refractivity contribution >= 4 is 19.0 Å². The molecule has 0 atom stereocenters. The zero-order chi connectivity index (χ0) is 20.2. The van der Waals surface area contributed by atoms with Gasteiger partial charge in [0.05, 0.1) is 18.2 Å². The van der Waals surface area contributed by atoms with Crippen molar-refractivity contribution in [1.29, 1.82) is 0 Å². The number of nitrogens with zero attached hydrogens (tertiary/aromatic N) is 3. The summed E-state index contributed by atoms with van der Waals surface area (Å²) in [5.74, 6) is 0.359. The molecule has 27 heavy (non-hydrogen) atoms. The Morgan fingerprint density at radius 2 is 1.96 bits per heavy atom. The van der Waals surface area contributed by atoms with Crippen LogP contribution in [0, 0.1) is 5.82 Å². The maximum absolute atomic E-state index is 14.6. The minimum atomic E-state index is -1.16. The van der Waals surface area contributed by atoms with Crippen LogP contribution >= 0.6 is 0 Å².